The van der Waals surface area contributed by atoms with Gasteiger partial charge in [-0.2, -0.15) is 4.98 Å². The summed E-state index contributed by atoms with van der Waals surface area (Å²) in [6.07, 6.45) is 0. The third-order valence-electron chi connectivity index (χ3n) is 2.57. The molecule has 0 amide bonds. The Balaban J connectivity index is 2.46. The smallest absolute Gasteiger partial charge is 0.298 e. The highest BCUT2D eigenvalue weighted by atomic mass is 16.4. The Hall–Kier alpha value is -1.51. The molecule has 2 aromatic rings. The number of anilines is 1. The van der Waals surface area contributed by atoms with Gasteiger partial charge in [-0.25, -0.2) is 0 Å². The molecule has 0 atom stereocenters. The molecule has 80 valence electrons. The fraction of sp³-hybridized carbons (Fsp3) is 0.417. The largest absolute Gasteiger partial charge is 0.423 e. The van der Waals surface area contributed by atoms with Crippen molar-refractivity contribution < 1.29 is 4.42 Å². The van der Waals surface area contributed by atoms with E-state index >= 15 is 0 Å². The van der Waals surface area contributed by atoms with Crippen LogP contribution in [0.25, 0.3) is 11.1 Å². The van der Waals surface area contributed by atoms with E-state index in [-0.39, 0.29) is 0 Å². The summed E-state index contributed by atoms with van der Waals surface area (Å²) in [6.45, 7) is 8.09. The number of hydrogen-bond donors (Lipinski definition) is 0. The number of fused-ring (bicyclic) bond motifs is 1. The van der Waals surface area contributed by atoms with Crippen molar-refractivity contribution in [2.24, 2.45) is 0 Å². The normalized spacial score (nSPS) is 10.9. The van der Waals surface area contributed by atoms with Crippen LogP contribution in [0.4, 0.5) is 6.01 Å². The van der Waals surface area contributed by atoms with E-state index in [1.54, 1.807) is 0 Å². The second-order valence-electron chi connectivity index (χ2n) is 3.64. The van der Waals surface area contributed by atoms with E-state index in [2.05, 4.69) is 36.7 Å². The monoisotopic (exact) mass is 204 g/mol. The van der Waals surface area contributed by atoms with Gasteiger partial charge in [0.25, 0.3) is 6.01 Å². The van der Waals surface area contributed by atoms with Crippen molar-refractivity contribution in [1.82, 2.24) is 4.98 Å². The third kappa shape index (κ3) is 1.82. The zero-order valence-electron chi connectivity index (χ0n) is 9.45. The summed E-state index contributed by atoms with van der Waals surface area (Å²) in [7, 11) is 0. The first-order valence-corrected chi connectivity index (χ1v) is 5.36. The molecular formula is C12H16N2O. The van der Waals surface area contributed by atoms with Gasteiger partial charge in [0.2, 0.25) is 0 Å². The van der Waals surface area contributed by atoms with Gasteiger partial charge in [-0.05, 0) is 38.5 Å². The van der Waals surface area contributed by atoms with Gasteiger partial charge in [0.15, 0.2) is 5.58 Å². The topological polar surface area (TPSA) is 29.3 Å². The van der Waals surface area contributed by atoms with Crippen LogP contribution in [-0.4, -0.2) is 18.1 Å². The Labute approximate surface area is 89.7 Å². The van der Waals surface area contributed by atoms with Crippen molar-refractivity contribution >= 4 is 17.1 Å². The van der Waals surface area contributed by atoms with E-state index in [0.29, 0.717) is 0 Å². The predicted molar refractivity (Wildman–Crippen MR) is 62.3 cm³/mol. The number of hydrogen-bond acceptors (Lipinski definition) is 3. The second-order valence-corrected chi connectivity index (χ2v) is 3.64. The second kappa shape index (κ2) is 3.93. The van der Waals surface area contributed by atoms with Crippen molar-refractivity contribution in [3.8, 4) is 0 Å². The minimum atomic E-state index is 0.723. The third-order valence-corrected chi connectivity index (χ3v) is 2.57. The number of oxazole rings is 1. The molecular weight excluding hydrogens is 188 g/mol. The van der Waals surface area contributed by atoms with Crippen LogP contribution in [0.15, 0.2) is 22.6 Å². The molecule has 3 heteroatoms. The average Bonchev–Trinajstić information content (AvgIpc) is 2.62. The maximum absolute atomic E-state index is 5.71. The molecule has 0 saturated carbocycles. The highest BCUT2D eigenvalue weighted by molar-refractivity contribution is 5.75. The fourth-order valence-corrected chi connectivity index (χ4v) is 1.65. The zero-order chi connectivity index (χ0) is 10.8. The SMILES string of the molecule is CCN(CC)c1nc2ccc(C)cc2o1. The van der Waals surface area contributed by atoms with Crippen molar-refractivity contribution in [2.75, 3.05) is 18.0 Å². The summed E-state index contributed by atoms with van der Waals surface area (Å²) < 4.78 is 5.71. The van der Waals surface area contributed by atoms with Gasteiger partial charge >= 0.3 is 0 Å². The molecule has 0 radical (unpaired) electrons. The van der Waals surface area contributed by atoms with Crippen LogP contribution >= 0.6 is 0 Å². The Bertz CT molecular complexity index is 458. The van der Waals surface area contributed by atoms with E-state index in [0.717, 1.165) is 30.2 Å². The molecule has 1 aromatic heterocycles. The van der Waals surface area contributed by atoms with Crippen molar-refractivity contribution in [3.05, 3.63) is 23.8 Å². The summed E-state index contributed by atoms with van der Waals surface area (Å²) in [5, 5.41) is 0. The summed E-state index contributed by atoms with van der Waals surface area (Å²) in [5.41, 5.74) is 3.00. The first kappa shape index (κ1) is 10.0. The summed E-state index contributed by atoms with van der Waals surface area (Å²) in [4.78, 5) is 6.56. The van der Waals surface area contributed by atoms with Gasteiger partial charge in [-0.3, -0.25) is 0 Å². The van der Waals surface area contributed by atoms with Crippen molar-refractivity contribution in [1.29, 1.82) is 0 Å². The number of rotatable bonds is 3. The van der Waals surface area contributed by atoms with Gasteiger partial charge in [0.05, 0.1) is 0 Å². The minimum absolute atomic E-state index is 0.723. The summed E-state index contributed by atoms with van der Waals surface area (Å²) >= 11 is 0. The van der Waals surface area contributed by atoms with Crippen LogP contribution in [-0.2, 0) is 0 Å². The molecule has 0 aliphatic rings. The molecule has 0 aliphatic carbocycles. The lowest BCUT2D eigenvalue weighted by atomic mass is 10.2. The van der Waals surface area contributed by atoms with Crippen molar-refractivity contribution in [2.45, 2.75) is 20.8 Å². The molecule has 1 aromatic carbocycles. The van der Waals surface area contributed by atoms with Crippen LogP contribution in [0, 0.1) is 6.92 Å². The van der Waals surface area contributed by atoms with Gasteiger partial charge in [-0.1, -0.05) is 6.07 Å². The fourth-order valence-electron chi connectivity index (χ4n) is 1.65. The van der Waals surface area contributed by atoms with Crippen LogP contribution in [0.2, 0.25) is 0 Å². The molecule has 1 heterocycles. The first-order chi connectivity index (χ1) is 7.24. The van der Waals surface area contributed by atoms with Crippen LogP contribution < -0.4 is 4.90 Å². The molecule has 3 nitrogen and oxygen atoms in total. The molecule has 0 unspecified atom stereocenters. The molecule has 0 N–H and O–H groups in total. The molecule has 0 bridgehead atoms. The minimum Gasteiger partial charge on any atom is -0.423 e. The lowest BCUT2D eigenvalue weighted by Gasteiger charge is -2.14. The van der Waals surface area contributed by atoms with E-state index < -0.39 is 0 Å². The van der Waals surface area contributed by atoms with Gasteiger partial charge in [0.1, 0.15) is 5.52 Å². The lowest BCUT2D eigenvalue weighted by Crippen LogP contribution is -2.21. The molecule has 0 spiro atoms. The highest BCUT2D eigenvalue weighted by Crippen LogP contribution is 2.22. The zero-order valence-corrected chi connectivity index (χ0v) is 9.45. The van der Waals surface area contributed by atoms with Crippen LogP contribution in [0.1, 0.15) is 19.4 Å². The van der Waals surface area contributed by atoms with E-state index in [9.17, 15) is 0 Å². The Morgan fingerprint density at radius 1 is 1.27 bits per heavy atom. The Morgan fingerprint density at radius 2 is 2.00 bits per heavy atom. The first-order valence-electron chi connectivity index (χ1n) is 5.36. The van der Waals surface area contributed by atoms with Gasteiger partial charge in [0, 0.05) is 13.1 Å². The van der Waals surface area contributed by atoms with E-state index in [1.807, 2.05) is 12.1 Å². The number of nitrogens with zero attached hydrogens (tertiary/aromatic N) is 2. The van der Waals surface area contributed by atoms with Gasteiger partial charge in [-0.15, -0.1) is 0 Å². The van der Waals surface area contributed by atoms with E-state index in [4.69, 9.17) is 4.42 Å². The number of aromatic nitrogens is 1. The maximum atomic E-state index is 5.71. The van der Waals surface area contributed by atoms with Crippen LogP contribution in [0.3, 0.4) is 0 Å². The Morgan fingerprint density at radius 3 is 2.67 bits per heavy atom. The average molecular weight is 204 g/mol. The van der Waals surface area contributed by atoms with Crippen molar-refractivity contribution in [3.63, 3.8) is 0 Å². The summed E-state index contributed by atoms with van der Waals surface area (Å²) in [5.74, 6) is 0. The standard InChI is InChI=1S/C12H16N2O/c1-4-14(5-2)12-13-10-7-6-9(3)8-11(10)15-12/h6-8H,4-5H2,1-3H3. The molecule has 0 fully saturated rings. The quantitative estimate of drug-likeness (QED) is 0.769. The highest BCUT2D eigenvalue weighted by Gasteiger charge is 2.10. The number of benzene rings is 1. The van der Waals surface area contributed by atoms with Crippen LogP contribution in [0.5, 0.6) is 0 Å². The molecule has 15 heavy (non-hydrogen) atoms. The molecule has 2 rings (SSSR count). The predicted octanol–water partition coefficient (Wildman–Crippen LogP) is 2.98. The summed E-state index contributed by atoms with van der Waals surface area (Å²) in [6, 6.07) is 6.80. The maximum Gasteiger partial charge on any atom is 0.298 e. The van der Waals surface area contributed by atoms with E-state index in [1.165, 1.54) is 5.56 Å². The van der Waals surface area contributed by atoms with Gasteiger partial charge < -0.3 is 9.32 Å². The Kier molecular flexibility index (Phi) is 2.62. The number of aryl methyl sites for hydroxylation is 1. The lowest BCUT2D eigenvalue weighted by molar-refractivity contribution is 0.576. The molecule has 0 aliphatic heterocycles. The molecule has 0 saturated heterocycles.